The van der Waals surface area contributed by atoms with Crippen molar-refractivity contribution < 1.29 is 5.21 Å². The number of aryl methyl sites for hydroxylation is 1. The van der Waals surface area contributed by atoms with Crippen molar-refractivity contribution in [1.29, 1.82) is 0 Å². The Bertz CT molecular complexity index is 631. The van der Waals surface area contributed by atoms with Crippen LogP contribution in [0, 0.1) is 6.92 Å². The van der Waals surface area contributed by atoms with Crippen LogP contribution in [0.4, 0.5) is 11.5 Å². The maximum absolute atomic E-state index is 8.70. The Labute approximate surface area is 132 Å². The Morgan fingerprint density at radius 3 is 2.71 bits per heavy atom. The van der Waals surface area contributed by atoms with E-state index in [0.717, 1.165) is 21.5 Å². The molecule has 2 rings (SSSR count). The van der Waals surface area contributed by atoms with Gasteiger partial charge in [-0.15, -0.1) is 0 Å². The van der Waals surface area contributed by atoms with E-state index in [4.69, 9.17) is 10.9 Å². The summed E-state index contributed by atoms with van der Waals surface area (Å²) < 4.78 is 0.938. The van der Waals surface area contributed by atoms with Gasteiger partial charge in [-0.3, -0.25) is 0 Å². The van der Waals surface area contributed by atoms with Crippen molar-refractivity contribution in [3.63, 3.8) is 0 Å². The monoisotopic (exact) mass is 348 g/mol. The zero-order valence-electron chi connectivity index (χ0n) is 11.7. The summed E-state index contributed by atoms with van der Waals surface area (Å²) in [6.45, 7) is 2.59. The molecule has 1 aromatic carbocycles. The fourth-order valence-electron chi connectivity index (χ4n) is 2.06. The average Bonchev–Trinajstić information content (AvgIpc) is 2.50. The number of hydrogen-bond donors (Lipinski definition) is 2. The van der Waals surface area contributed by atoms with Crippen LogP contribution >= 0.6 is 15.9 Å². The quantitative estimate of drug-likeness (QED) is 0.375. The summed E-state index contributed by atoms with van der Waals surface area (Å²) in [7, 11) is 0. The van der Waals surface area contributed by atoms with E-state index >= 15 is 0 Å². The second-order valence-corrected chi connectivity index (χ2v) is 5.54. The highest BCUT2D eigenvalue weighted by Crippen LogP contribution is 2.27. The molecule has 5 nitrogen and oxygen atoms in total. The van der Waals surface area contributed by atoms with E-state index in [-0.39, 0.29) is 5.84 Å². The zero-order chi connectivity index (χ0) is 15.2. The molecule has 0 atom stereocenters. The minimum Gasteiger partial charge on any atom is -0.409 e. The number of hydrogen-bond acceptors (Lipinski definition) is 4. The van der Waals surface area contributed by atoms with Crippen LogP contribution in [0.3, 0.4) is 0 Å². The first-order valence-electron chi connectivity index (χ1n) is 6.53. The van der Waals surface area contributed by atoms with Gasteiger partial charge < -0.3 is 15.8 Å². The summed E-state index contributed by atoms with van der Waals surface area (Å²) in [5.41, 5.74) is 7.65. The lowest BCUT2D eigenvalue weighted by Crippen LogP contribution is -2.25. The molecule has 110 valence electrons. The molecule has 0 saturated heterocycles. The molecular formula is C15H17BrN4O. The van der Waals surface area contributed by atoms with Crippen LogP contribution < -0.4 is 10.6 Å². The van der Waals surface area contributed by atoms with E-state index in [1.165, 1.54) is 0 Å². The van der Waals surface area contributed by atoms with Gasteiger partial charge in [0, 0.05) is 29.3 Å². The van der Waals surface area contributed by atoms with E-state index in [1.54, 1.807) is 6.20 Å². The molecule has 21 heavy (non-hydrogen) atoms. The molecule has 0 unspecified atom stereocenters. The van der Waals surface area contributed by atoms with Gasteiger partial charge in [0.05, 0.1) is 0 Å². The molecule has 0 bridgehead atoms. The number of anilines is 2. The second kappa shape index (κ2) is 7.08. The molecule has 0 spiro atoms. The maximum atomic E-state index is 8.70. The summed E-state index contributed by atoms with van der Waals surface area (Å²) in [5, 5.41) is 11.7. The third-order valence-electron chi connectivity index (χ3n) is 3.06. The summed E-state index contributed by atoms with van der Waals surface area (Å²) in [6, 6.07) is 11.9. The van der Waals surface area contributed by atoms with Crippen LogP contribution in [0.15, 0.2) is 52.2 Å². The first-order chi connectivity index (χ1) is 10.1. The molecule has 3 N–H and O–H groups in total. The molecule has 1 heterocycles. The number of aromatic nitrogens is 1. The van der Waals surface area contributed by atoms with Crippen LogP contribution in [-0.2, 0) is 0 Å². The van der Waals surface area contributed by atoms with Crippen LogP contribution in [0.5, 0.6) is 0 Å². The van der Waals surface area contributed by atoms with Crippen molar-refractivity contribution in [3.05, 3.63) is 52.6 Å². The summed E-state index contributed by atoms with van der Waals surface area (Å²) in [5.74, 6) is 1.06. The molecule has 0 radical (unpaired) electrons. The molecule has 0 aliphatic heterocycles. The minimum absolute atomic E-state index is 0.200. The van der Waals surface area contributed by atoms with Gasteiger partial charge in [0.25, 0.3) is 0 Å². The lowest BCUT2D eigenvalue weighted by atomic mass is 10.2. The fraction of sp³-hybridized carbons (Fsp3) is 0.200. The van der Waals surface area contributed by atoms with Crippen molar-refractivity contribution in [2.24, 2.45) is 10.9 Å². The number of oxime groups is 1. The predicted octanol–water partition coefficient (Wildman–Crippen LogP) is 3.43. The molecular weight excluding hydrogens is 332 g/mol. The Hall–Kier alpha value is -2.08. The van der Waals surface area contributed by atoms with Crippen LogP contribution in [0.2, 0.25) is 0 Å². The number of nitrogens with zero attached hydrogens (tertiary/aromatic N) is 3. The molecule has 2 aromatic rings. The molecule has 0 amide bonds. The number of rotatable bonds is 5. The number of amidine groups is 1. The van der Waals surface area contributed by atoms with Gasteiger partial charge in [0.1, 0.15) is 11.7 Å². The van der Waals surface area contributed by atoms with Crippen molar-refractivity contribution in [1.82, 2.24) is 4.98 Å². The van der Waals surface area contributed by atoms with Crippen molar-refractivity contribution in [2.75, 3.05) is 11.4 Å². The largest absolute Gasteiger partial charge is 0.409 e. The number of benzene rings is 1. The molecule has 6 heteroatoms. The van der Waals surface area contributed by atoms with E-state index in [2.05, 4.69) is 31.0 Å². The number of halogens is 1. The van der Waals surface area contributed by atoms with Gasteiger partial charge in [0.2, 0.25) is 0 Å². The van der Waals surface area contributed by atoms with Crippen LogP contribution in [-0.4, -0.2) is 22.6 Å². The average molecular weight is 349 g/mol. The summed E-state index contributed by atoms with van der Waals surface area (Å²) >= 11 is 3.42. The fourth-order valence-corrected chi connectivity index (χ4v) is 2.50. The predicted molar refractivity (Wildman–Crippen MR) is 88.1 cm³/mol. The SMILES string of the molecule is Cc1cc(Br)cnc1N(CCC(N)=NO)c1ccccc1. The summed E-state index contributed by atoms with van der Waals surface area (Å²) in [4.78, 5) is 6.55. The van der Waals surface area contributed by atoms with Gasteiger partial charge in [-0.25, -0.2) is 4.98 Å². The standard InChI is InChI=1S/C15H17BrN4O/c1-11-9-12(16)10-18-15(11)20(8-7-14(17)19-21)13-5-3-2-4-6-13/h2-6,9-10,21H,7-8H2,1H3,(H2,17,19). The third kappa shape index (κ3) is 3.95. The highest BCUT2D eigenvalue weighted by atomic mass is 79.9. The number of pyridine rings is 1. The van der Waals surface area contributed by atoms with E-state index < -0.39 is 0 Å². The Morgan fingerprint density at radius 2 is 2.10 bits per heavy atom. The normalized spacial score (nSPS) is 11.4. The summed E-state index contributed by atoms with van der Waals surface area (Å²) in [6.07, 6.45) is 2.21. The van der Waals surface area contributed by atoms with Crippen molar-refractivity contribution in [3.8, 4) is 0 Å². The minimum atomic E-state index is 0.200. The van der Waals surface area contributed by atoms with Gasteiger partial charge in [-0.1, -0.05) is 23.4 Å². The van der Waals surface area contributed by atoms with Crippen LogP contribution in [0.25, 0.3) is 0 Å². The lowest BCUT2D eigenvalue weighted by molar-refractivity contribution is 0.317. The molecule has 0 aliphatic rings. The third-order valence-corrected chi connectivity index (χ3v) is 3.49. The topological polar surface area (TPSA) is 74.7 Å². The number of nitrogens with two attached hydrogens (primary N) is 1. The number of para-hydroxylation sites is 1. The second-order valence-electron chi connectivity index (χ2n) is 4.62. The lowest BCUT2D eigenvalue weighted by Gasteiger charge is -2.25. The molecule has 0 fully saturated rings. The first-order valence-corrected chi connectivity index (χ1v) is 7.32. The van der Waals surface area contributed by atoms with Gasteiger partial charge in [0.15, 0.2) is 0 Å². The highest BCUT2D eigenvalue weighted by molar-refractivity contribution is 9.10. The van der Waals surface area contributed by atoms with Gasteiger partial charge >= 0.3 is 0 Å². The van der Waals surface area contributed by atoms with Crippen molar-refractivity contribution in [2.45, 2.75) is 13.3 Å². The van der Waals surface area contributed by atoms with E-state index in [9.17, 15) is 0 Å². The van der Waals surface area contributed by atoms with E-state index in [1.807, 2.05) is 43.3 Å². The highest BCUT2D eigenvalue weighted by Gasteiger charge is 2.14. The Balaban J connectivity index is 2.35. The molecule has 0 aliphatic carbocycles. The Morgan fingerprint density at radius 1 is 1.38 bits per heavy atom. The maximum Gasteiger partial charge on any atom is 0.140 e. The molecule has 1 aromatic heterocycles. The van der Waals surface area contributed by atoms with Crippen molar-refractivity contribution >= 4 is 33.3 Å². The van der Waals surface area contributed by atoms with Crippen LogP contribution in [0.1, 0.15) is 12.0 Å². The zero-order valence-corrected chi connectivity index (χ0v) is 13.3. The van der Waals surface area contributed by atoms with E-state index in [0.29, 0.717) is 13.0 Å². The molecule has 0 saturated carbocycles. The van der Waals surface area contributed by atoms with Gasteiger partial charge in [-0.05, 0) is 46.6 Å². The van der Waals surface area contributed by atoms with Gasteiger partial charge in [-0.2, -0.15) is 0 Å². The Kier molecular flexibility index (Phi) is 5.16. The smallest absolute Gasteiger partial charge is 0.140 e. The first kappa shape index (κ1) is 15.3.